The molecule has 0 bridgehead atoms. The predicted molar refractivity (Wildman–Crippen MR) is 70.4 cm³/mol. The molecule has 20 heavy (non-hydrogen) atoms. The standard InChI is InChI=1S/C13H14ClF2N3O/c1-7(2)19-13(17-6-18-19)5-12(20)8-3-11(16)9(14)4-10(8)15/h3-4,6-7,12,20H,5H2,1-2H3. The van der Waals surface area contributed by atoms with Crippen molar-refractivity contribution in [3.05, 3.63) is 46.5 Å². The second-order valence-corrected chi connectivity index (χ2v) is 5.13. The van der Waals surface area contributed by atoms with E-state index in [2.05, 4.69) is 10.1 Å². The minimum atomic E-state index is -1.22. The minimum Gasteiger partial charge on any atom is -0.388 e. The first-order chi connectivity index (χ1) is 9.40. The zero-order valence-corrected chi connectivity index (χ0v) is 11.8. The van der Waals surface area contributed by atoms with Gasteiger partial charge in [-0.15, -0.1) is 0 Å². The molecule has 7 heteroatoms. The smallest absolute Gasteiger partial charge is 0.142 e. The number of aromatic nitrogens is 3. The van der Waals surface area contributed by atoms with E-state index < -0.39 is 17.7 Å². The van der Waals surface area contributed by atoms with Crippen LogP contribution < -0.4 is 0 Å². The zero-order valence-electron chi connectivity index (χ0n) is 11.0. The second-order valence-electron chi connectivity index (χ2n) is 4.72. The molecule has 1 aromatic carbocycles. The molecule has 1 unspecified atom stereocenters. The summed E-state index contributed by atoms with van der Waals surface area (Å²) in [6.07, 6.45) is 0.181. The van der Waals surface area contributed by atoms with Crippen molar-refractivity contribution in [1.29, 1.82) is 0 Å². The number of hydrogen-bond acceptors (Lipinski definition) is 3. The minimum absolute atomic E-state index is 0.0379. The molecule has 2 aromatic rings. The van der Waals surface area contributed by atoms with Crippen molar-refractivity contribution in [2.24, 2.45) is 0 Å². The van der Waals surface area contributed by atoms with E-state index in [0.29, 0.717) is 5.82 Å². The van der Waals surface area contributed by atoms with E-state index in [1.54, 1.807) is 4.68 Å². The van der Waals surface area contributed by atoms with Crippen molar-refractivity contribution >= 4 is 11.6 Å². The molecule has 4 nitrogen and oxygen atoms in total. The summed E-state index contributed by atoms with van der Waals surface area (Å²) in [7, 11) is 0. The lowest BCUT2D eigenvalue weighted by atomic mass is 10.1. The van der Waals surface area contributed by atoms with Gasteiger partial charge in [-0.05, 0) is 26.0 Å². The van der Waals surface area contributed by atoms with Gasteiger partial charge < -0.3 is 5.11 Å². The molecule has 0 aliphatic heterocycles. The van der Waals surface area contributed by atoms with Crippen molar-refractivity contribution in [2.75, 3.05) is 0 Å². The first-order valence-corrected chi connectivity index (χ1v) is 6.48. The fourth-order valence-electron chi connectivity index (χ4n) is 1.93. The van der Waals surface area contributed by atoms with Crippen LogP contribution in [-0.2, 0) is 6.42 Å². The summed E-state index contributed by atoms with van der Waals surface area (Å²) in [4.78, 5) is 4.02. The second kappa shape index (κ2) is 5.85. The Hall–Kier alpha value is -1.53. The van der Waals surface area contributed by atoms with Gasteiger partial charge in [-0.3, -0.25) is 0 Å². The van der Waals surface area contributed by atoms with E-state index in [9.17, 15) is 13.9 Å². The van der Waals surface area contributed by atoms with E-state index in [4.69, 9.17) is 11.6 Å². The molecular weight excluding hydrogens is 288 g/mol. The molecule has 0 saturated carbocycles. The lowest BCUT2D eigenvalue weighted by Crippen LogP contribution is -2.13. The Kier molecular flexibility index (Phi) is 4.35. The van der Waals surface area contributed by atoms with Crippen LogP contribution in [0, 0.1) is 11.6 Å². The Morgan fingerprint density at radius 3 is 2.65 bits per heavy atom. The van der Waals surface area contributed by atoms with Crippen LogP contribution in [0.2, 0.25) is 5.02 Å². The molecule has 0 aliphatic rings. The molecule has 1 atom stereocenters. The maximum atomic E-state index is 13.7. The highest BCUT2D eigenvalue weighted by atomic mass is 35.5. The van der Waals surface area contributed by atoms with Gasteiger partial charge in [0, 0.05) is 18.0 Å². The molecule has 0 amide bonds. The average molecular weight is 302 g/mol. The van der Waals surface area contributed by atoms with Crippen LogP contribution in [0.1, 0.15) is 37.4 Å². The Morgan fingerprint density at radius 1 is 1.30 bits per heavy atom. The molecule has 1 aromatic heterocycles. The normalized spacial score (nSPS) is 12.9. The largest absolute Gasteiger partial charge is 0.388 e. The first kappa shape index (κ1) is 14.9. The predicted octanol–water partition coefficient (Wildman–Crippen LogP) is 3.07. The van der Waals surface area contributed by atoms with Gasteiger partial charge in [0.05, 0.1) is 11.1 Å². The SMILES string of the molecule is CC(C)n1ncnc1CC(O)c1cc(F)c(Cl)cc1F. The molecular formula is C13H14ClF2N3O. The quantitative estimate of drug-likeness (QED) is 0.883. The number of halogens is 3. The summed E-state index contributed by atoms with van der Waals surface area (Å²) in [6.45, 7) is 3.82. The third-order valence-corrected chi connectivity index (χ3v) is 3.20. The van der Waals surface area contributed by atoms with E-state index in [1.807, 2.05) is 13.8 Å². The van der Waals surface area contributed by atoms with Gasteiger partial charge in [-0.2, -0.15) is 5.10 Å². The average Bonchev–Trinajstić information content (AvgIpc) is 2.81. The van der Waals surface area contributed by atoms with Gasteiger partial charge in [0.15, 0.2) is 0 Å². The topological polar surface area (TPSA) is 50.9 Å². The van der Waals surface area contributed by atoms with Gasteiger partial charge in [0.2, 0.25) is 0 Å². The number of rotatable bonds is 4. The van der Waals surface area contributed by atoms with E-state index in [0.717, 1.165) is 12.1 Å². The molecule has 0 aliphatic carbocycles. The third kappa shape index (κ3) is 2.96. The van der Waals surface area contributed by atoms with E-state index >= 15 is 0 Å². The Bertz CT molecular complexity index is 616. The first-order valence-electron chi connectivity index (χ1n) is 6.11. The van der Waals surface area contributed by atoms with Crippen LogP contribution in [0.5, 0.6) is 0 Å². The number of hydrogen-bond donors (Lipinski definition) is 1. The highest BCUT2D eigenvalue weighted by molar-refractivity contribution is 6.30. The molecule has 2 rings (SSSR count). The highest BCUT2D eigenvalue weighted by Crippen LogP contribution is 2.26. The summed E-state index contributed by atoms with van der Waals surface area (Å²) < 4.78 is 28.7. The van der Waals surface area contributed by atoms with Crippen LogP contribution in [-0.4, -0.2) is 19.9 Å². The monoisotopic (exact) mass is 301 g/mol. The number of aliphatic hydroxyl groups excluding tert-OH is 1. The summed E-state index contributed by atoms with van der Waals surface area (Å²) in [5, 5.41) is 13.8. The Labute approximate surface area is 120 Å². The van der Waals surface area contributed by atoms with Crippen molar-refractivity contribution in [3.8, 4) is 0 Å². The fraction of sp³-hybridized carbons (Fsp3) is 0.385. The zero-order chi connectivity index (χ0) is 14.9. The van der Waals surface area contributed by atoms with Crippen LogP contribution >= 0.6 is 11.6 Å². The van der Waals surface area contributed by atoms with Gasteiger partial charge >= 0.3 is 0 Å². The highest BCUT2D eigenvalue weighted by Gasteiger charge is 2.19. The van der Waals surface area contributed by atoms with Gasteiger partial charge in [-0.25, -0.2) is 18.4 Å². The summed E-state index contributed by atoms with van der Waals surface area (Å²) >= 11 is 5.48. The summed E-state index contributed by atoms with van der Waals surface area (Å²) in [5.74, 6) is -1.02. The van der Waals surface area contributed by atoms with Gasteiger partial charge in [0.25, 0.3) is 0 Å². The van der Waals surface area contributed by atoms with E-state index in [1.165, 1.54) is 6.33 Å². The van der Waals surface area contributed by atoms with Crippen molar-refractivity contribution in [2.45, 2.75) is 32.4 Å². The molecule has 0 radical (unpaired) electrons. The van der Waals surface area contributed by atoms with Crippen molar-refractivity contribution < 1.29 is 13.9 Å². The number of nitrogens with zero attached hydrogens (tertiary/aromatic N) is 3. The molecule has 0 spiro atoms. The van der Waals surface area contributed by atoms with E-state index in [-0.39, 0.29) is 23.0 Å². The molecule has 0 fully saturated rings. The molecule has 1 N–H and O–H groups in total. The third-order valence-electron chi connectivity index (χ3n) is 2.91. The molecule has 1 heterocycles. The lowest BCUT2D eigenvalue weighted by Gasteiger charge is -2.14. The van der Waals surface area contributed by atoms with Crippen LogP contribution in [0.25, 0.3) is 0 Å². The van der Waals surface area contributed by atoms with Gasteiger partial charge in [-0.1, -0.05) is 11.6 Å². The Balaban J connectivity index is 2.26. The summed E-state index contributed by atoms with van der Waals surface area (Å²) in [6, 6.07) is 1.81. The van der Waals surface area contributed by atoms with Crippen LogP contribution in [0.15, 0.2) is 18.5 Å². The Morgan fingerprint density at radius 2 is 2.00 bits per heavy atom. The summed E-state index contributed by atoms with van der Waals surface area (Å²) in [5.41, 5.74) is -0.148. The fourth-order valence-corrected chi connectivity index (χ4v) is 2.08. The maximum Gasteiger partial charge on any atom is 0.142 e. The molecule has 108 valence electrons. The number of benzene rings is 1. The number of aliphatic hydroxyl groups is 1. The molecule has 0 saturated heterocycles. The maximum absolute atomic E-state index is 13.7. The van der Waals surface area contributed by atoms with Crippen LogP contribution in [0.3, 0.4) is 0 Å². The lowest BCUT2D eigenvalue weighted by molar-refractivity contribution is 0.168. The van der Waals surface area contributed by atoms with Crippen LogP contribution in [0.4, 0.5) is 8.78 Å². The van der Waals surface area contributed by atoms with Crippen molar-refractivity contribution in [3.63, 3.8) is 0 Å². The van der Waals surface area contributed by atoms with Crippen molar-refractivity contribution in [1.82, 2.24) is 14.8 Å². The van der Waals surface area contributed by atoms with Gasteiger partial charge in [0.1, 0.15) is 23.8 Å².